The van der Waals surface area contributed by atoms with Gasteiger partial charge in [-0.2, -0.15) is 0 Å². The molecule has 0 radical (unpaired) electrons. The minimum Gasteiger partial charge on any atom is -0.444 e. The molecule has 20 heavy (non-hydrogen) atoms. The van der Waals surface area contributed by atoms with Gasteiger partial charge < -0.3 is 15.4 Å². The summed E-state index contributed by atoms with van der Waals surface area (Å²) >= 11 is 0. The third-order valence-corrected chi connectivity index (χ3v) is 4.35. The SMILES string of the molecule is CC(C)(C)OC(=O)NC1CCCC(C2CCCCN2)C1. The Morgan fingerprint density at radius 1 is 1.15 bits per heavy atom. The maximum Gasteiger partial charge on any atom is 0.407 e. The second-order valence-electron chi connectivity index (χ2n) is 7.33. The van der Waals surface area contributed by atoms with Gasteiger partial charge in [0.15, 0.2) is 0 Å². The zero-order valence-electron chi connectivity index (χ0n) is 13.2. The highest BCUT2D eigenvalue weighted by molar-refractivity contribution is 5.68. The number of piperidine rings is 1. The van der Waals surface area contributed by atoms with Crippen molar-refractivity contribution in [1.29, 1.82) is 0 Å². The molecular weight excluding hydrogens is 252 g/mol. The lowest BCUT2D eigenvalue weighted by molar-refractivity contribution is 0.0478. The summed E-state index contributed by atoms with van der Waals surface area (Å²) in [7, 11) is 0. The van der Waals surface area contributed by atoms with E-state index >= 15 is 0 Å². The summed E-state index contributed by atoms with van der Waals surface area (Å²) in [5.41, 5.74) is -0.414. The third kappa shape index (κ3) is 4.97. The van der Waals surface area contributed by atoms with Gasteiger partial charge in [-0.15, -0.1) is 0 Å². The van der Waals surface area contributed by atoms with Crippen LogP contribution in [0.5, 0.6) is 0 Å². The predicted octanol–water partition coefficient (Wildman–Crippen LogP) is 3.21. The minimum atomic E-state index is -0.414. The zero-order valence-corrected chi connectivity index (χ0v) is 13.2. The van der Waals surface area contributed by atoms with Crippen molar-refractivity contribution in [1.82, 2.24) is 10.6 Å². The Bertz CT molecular complexity index is 319. The monoisotopic (exact) mass is 282 g/mol. The molecule has 1 heterocycles. The van der Waals surface area contributed by atoms with Crippen LogP contribution in [0.4, 0.5) is 4.79 Å². The Morgan fingerprint density at radius 3 is 2.60 bits per heavy atom. The Kier molecular flexibility index (Phi) is 5.30. The molecule has 1 saturated carbocycles. The number of rotatable bonds is 2. The molecule has 1 aliphatic heterocycles. The summed E-state index contributed by atoms with van der Waals surface area (Å²) in [6.45, 7) is 6.87. The average molecular weight is 282 g/mol. The summed E-state index contributed by atoms with van der Waals surface area (Å²) in [5.74, 6) is 0.712. The number of hydrogen-bond acceptors (Lipinski definition) is 3. The van der Waals surface area contributed by atoms with Gasteiger partial charge in [-0.1, -0.05) is 12.8 Å². The highest BCUT2D eigenvalue weighted by atomic mass is 16.6. The molecule has 2 rings (SSSR count). The summed E-state index contributed by atoms with van der Waals surface area (Å²) in [6, 6.07) is 0.944. The van der Waals surface area contributed by atoms with Crippen molar-refractivity contribution in [2.75, 3.05) is 6.54 Å². The van der Waals surface area contributed by atoms with Crippen molar-refractivity contribution in [2.45, 2.75) is 83.4 Å². The van der Waals surface area contributed by atoms with Gasteiger partial charge in [0.05, 0.1) is 0 Å². The van der Waals surface area contributed by atoms with Crippen LogP contribution in [0.15, 0.2) is 0 Å². The molecule has 2 N–H and O–H groups in total. The molecule has 4 nitrogen and oxygen atoms in total. The second kappa shape index (κ2) is 6.79. The van der Waals surface area contributed by atoms with Crippen LogP contribution in [0.1, 0.15) is 65.7 Å². The van der Waals surface area contributed by atoms with E-state index in [-0.39, 0.29) is 12.1 Å². The molecule has 3 atom stereocenters. The summed E-state index contributed by atoms with van der Waals surface area (Å²) in [5, 5.41) is 6.71. The van der Waals surface area contributed by atoms with Gasteiger partial charge in [-0.25, -0.2) is 4.79 Å². The number of ether oxygens (including phenoxy) is 1. The fourth-order valence-corrected chi connectivity index (χ4v) is 3.48. The number of hydrogen-bond donors (Lipinski definition) is 2. The Morgan fingerprint density at radius 2 is 1.95 bits per heavy atom. The molecule has 0 spiro atoms. The second-order valence-corrected chi connectivity index (χ2v) is 7.33. The highest BCUT2D eigenvalue weighted by Crippen LogP contribution is 2.30. The molecule has 0 aromatic heterocycles. The van der Waals surface area contributed by atoms with Crippen molar-refractivity contribution < 1.29 is 9.53 Å². The van der Waals surface area contributed by atoms with E-state index in [0.717, 1.165) is 19.4 Å². The van der Waals surface area contributed by atoms with Crippen LogP contribution in [0.25, 0.3) is 0 Å². The fourth-order valence-electron chi connectivity index (χ4n) is 3.48. The van der Waals surface area contributed by atoms with Gasteiger partial charge >= 0.3 is 6.09 Å². The molecule has 0 bridgehead atoms. The van der Waals surface area contributed by atoms with Gasteiger partial charge in [0, 0.05) is 12.1 Å². The van der Waals surface area contributed by atoms with E-state index in [1.807, 2.05) is 20.8 Å². The lowest BCUT2D eigenvalue weighted by atomic mass is 9.79. The average Bonchev–Trinajstić information content (AvgIpc) is 2.38. The first-order chi connectivity index (χ1) is 9.44. The number of alkyl carbamates (subject to hydrolysis) is 1. The Hall–Kier alpha value is -0.770. The molecule has 116 valence electrons. The summed E-state index contributed by atoms with van der Waals surface area (Å²) in [6.07, 6.45) is 8.37. The van der Waals surface area contributed by atoms with E-state index in [1.165, 1.54) is 32.1 Å². The molecule has 2 fully saturated rings. The Balaban J connectivity index is 1.79. The van der Waals surface area contributed by atoms with E-state index in [4.69, 9.17) is 4.74 Å². The molecule has 1 amide bonds. The maximum absolute atomic E-state index is 11.9. The van der Waals surface area contributed by atoms with E-state index in [2.05, 4.69) is 10.6 Å². The van der Waals surface area contributed by atoms with E-state index in [9.17, 15) is 4.79 Å². The van der Waals surface area contributed by atoms with Crippen LogP contribution in [0.3, 0.4) is 0 Å². The first kappa shape index (κ1) is 15.6. The quantitative estimate of drug-likeness (QED) is 0.817. The molecular formula is C16H30N2O2. The van der Waals surface area contributed by atoms with Crippen molar-refractivity contribution in [3.63, 3.8) is 0 Å². The molecule has 2 aliphatic rings. The van der Waals surface area contributed by atoms with E-state index in [1.54, 1.807) is 0 Å². The van der Waals surface area contributed by atoms with Crippen LogP contribution in [-0.2, 0) is 4.74 Å². The largest absolute Gasteiger partial charge is 0.444 e. The van der Waals surface area contributed by atoms with Gasteiger partial charge in [0.25, 0.3) is 0 Å². The summed E-state index contributed by atoms with van der Waals surface area (Å²) < 4.78 is 5.36. The lowest BCUT2D eigenvalue weighted by Crippen LogP contribution is -2.47. The number of amides is 1. The van der Waals surface area contributed by atoms with Crippen molar-refractivity contribution in [3.05, 3.63) is 0 Å². The number of carbonyl (C=O) groups is 1. The van der Waals surface area contributed by atoms with Crippen LogP contribution >= 0.6 is 0 Å². The molecule has 4 heteroatoms. The zero-order chi connectivity index (χ0) is 14.6. The van der Waals surface area contributed by atoms with Crippen molar-refractivity contribution in [2.24, 2.45) is 5.92 Å². The fraction of sp³-hybridized carbons (Fsp3) is 0.938. The van der Waals surface area contributed by atoms with Crippen LogP contribution < -0.4 is 10.6 Å². The van der Waals surface area contributed by atoms with Crippen LogP contribution in [0.2, 0.25) is 0 Å². The van der Waals surface area contributed by atoms with Gasteiger partial charge in [-0.05, 0) is 65.3 Å². The van der Waals surface area contributed by atoms with E-state index in [0.29, 0.717) is 12.0 Å². The van der Waals surface area contributed by atoms with Crippen LogP contribution in [-0.4, -0.2) is 30.3 Å². The lowest BCUT2D eigenvalue weighted by Gasteiger charge is -2.37. The Labute approximate surface area is 123 Å². The van der Waals surface area contributed by atoms with Crippen LogP contribution in [0, 0.1) is 5.92 Å². The first-order valence-electron chi connectivity index (χ1n) is 8.17. The van der Waals surface area contributed by atoms with E-state index < -0.39 is 5.60 Å². The number of carbonyl (C=O) groups excluding carboxylic acids is 1. The normalized spacial score (nSPS) is 31.6. The predicted molar refractivity (Wildman–Crippen MR) is 80.8 cm³/mol. The highest BCUT2D eigenvalue weighted by Gasteiger charge is 2.30. The first-order valence-corrected chi connectivity index (χ1v) is 8.17. The maximum atomic E-state index is 11.9. The van der Waals surface area contributed by atoms with Gasteiger partial charge in [-0.3, -0.25) is 0 Å². The molecule has 0 aromatic rings. The minimum absolute atomic E-state index is 0.264. The number of nitrogens with one attached hydrogen (secondary N) is 2. The van der Waals surface area contributed by atoms with Gasteiger partial charge in [0.1, 0.15) is 5.60 Å². The third-order valence-electron chi connectivity index (χ3n) is 4.35. The standard InChI is InChI=1S/C16H30N2O2/c1-16(2,3)20-15(19)18-13-8-6-7-12(11-13)14-9-4-5-10-17-14/h12-14,17H,4-11H2,1-3H3,(H,18,19). The topological polar surface area (TPSA) is 50.4 Å². The molecule has 1 saturated heterocycles. The van der Waals surface area contributed by atoms with Crippen molar-refractivity contribution >= 4 is 6.09 Å². The molecule has 3 unspecified atom stereocenters. The molecule has 0 aromatic carbocycles. The molecule has 1 aliphatic carbocycles. The van der Waals surface area contributed by atoms with Gasteiger partial charge in [0.2, 0.25) is 0 Å². The van der Waals surface area contributed by atoms with Crippen molar-refractivity contribution in [3.8, 4) is 0 Å². The smallest absolute Gasteiger partial charge is 0.407 e. The summed E-state index contributed by atoms with van der Waals surface area (Å²) in [4.78, 5) is 11.9.